The first-order valence-electron chi connectivity index (χ1n) is 6.40. The Hall–Kier alpha value is -1.92. The molecule has 1 aliphatic heterocycles. The normalized spacial score (nSPS) is 19.5. The van der Waals surface area contributed by atoms with Crippen LogP contribution in [0.4, 0.5) is 5.69 Å². The number of anilines is 1. The van der Waals surface area contributed by atoms with Crippen molar-refractivity contribution >= 4 is 32.8 Å². The molecule has 0 saturated carbocycles. The van der Waals surface area contributed by atoms with Crippen LogP contribution >= 0.6 is 11.3 Å². The average molecular weight is 319 g/mol. The van der Waals surface area contributed by atoms with E-state index in [1.165, 1.54) is 16.7 Å². The van der Waals surface area contributed by atoms with E-state index >= 15 is 0 Å². The van der Waals surface area contributed by atoms with Crippen LogP contribution in [-0.4, -0.2) is 26.1 Å². The van der Waals surface area contributed by atoms with Gasteiger partial charge in [-0.25, -0.2) is 8.42 Å². The Labute approximate surface area is 127 Å². The molecule has 2 heterocycles. The van der Waals surface area contributed by atoms with Gasteiger partial charge in [-0.05, 0) is 29.7 Å². The molecular formula is C15H13NO3S2. The first kappa shape index (κ1) is 14.0. The molecule has 108 valence electrons. The van der Waals surface area contributed by atoms with E-state index in [9.17, 15) is 13.2 Å². The summed E-state index contributed by atoms with van der Waals surface area (Å²) in [5.74, 6) is -0.248. The molecular weight excluding hydrogens is 306 g/mol. The minimum absolute atomic E-state index is 0.0704. The lowest BCUT2D eigenvalue weighted by molar-refractivity contribution is 0.0987. The van der Waals surface area contributed by atoms with E-state index < -0.39 is 15.9 Å². The van der Waals surface area contributed by atoms with Gasteiger partial charge in [0.1, 0.15) is 0 Å². The summed E-state index contributed by atoms with van der Waals surface area (Å²) >= 11 is 1.35. The van der Waals surface area contributed by atoms with Gasteiger partial charge in [-0.2, -0.15) is 0 Å². The second-order valence-electron chi connectivity index (χ2n) is 4.71. The highest BCUT2D eigenvalue weighted by molar-refractivity contribution is 7.94. The minimum atomic E-state index is -3.22. The lowest BCUT2D eigenvalue weighted by atomic mass is 10.2. The predicted octanol–water partition coefficient (Wildman–Crippen LogP) is 2.71. The summed E-state index contributed by atoms with van der Waals surface area (Å²) in [5.41, 5.74) is 0.697. The first-order valence-corrected chi connectivity index (χ1v) is 8.99. The van der Waals surface area contributed by atoms with Gasteiger partial charge in [0.2, 0.25) is 0 Å². The number of hydrogen-bond donors (Lipinski definition) is 0. The van der Waals surface area contributed by atoms with Crippen molar-refractivity contribution in [3.8, 4) is 0 Å². The van der Waals surface area contributed by atoms with Crippen molar-refractivity contribution in [1.29, 1.82) is 0 Å². The summed E-state index contributed by atoms with van der Waals surface area (Å²) in [4.78, 5) is 14.9. The first-order chi connectivity index (χ1) is 10.1. The van der Waals surface area contributed by atoms with Gasteiger partial charge >= 0.3 is 0 Å². The Balaban J connectivity index is 2.00. The topological polar surface area (TPSA) is 54.5 Å². The molecule has 0 fully saturated rings. The quantitative estimate of drug-likeness (QED) is 0.874. The molecule has 0 saturated heterocycles. The van der Waals surface area contributed by atoms with Crippen LogP contribution in [0, 0.1) is 0 Å². The molecule has 1 unspecified atom stereocenters. The zero-order valence-corrected chi connectivity index (χ0v) is 12.7. The Morgan fingerprint density at radius 3 is 2.48 bits per heavy atom. The van der Waals surface area contributed by atoms with Crippen LogP contribution < -0.4 is 4.90 Å². The summed E-state index contributed by atoms with van der Waals surface area (Å²) in [6.07, 6.45) is 1.58. The number of para-hydroxylation sites is 1. The summed E-state index contributed by atoms with van der Waals surface area (Å²) in [5, 5.41) is 3.02. The zero-order chi connectivity index (χ0) is 14.9. The van der Waals surface area contributed by atoms with Gasteiger partial charge in [0, 0.05) is 11.1 Å². The van der Waals surface area contributed by atoms with E-state index in [1.807, 2.05) is 41.8 Å². The highest BCUT2D eigenvalue weighted by Crippen LogP contribution is 2.25. The van der Waals surface area contributed by atoms with Crippen LogP contribution in [0.2, 0.25) is 0 Å². The van der Waals surface area contributed by atoms with Gasteiger partial charge in [0.15, 0.2) is 9.84 Å². The fraction of sp³-hybridized carbons (Fsp3) is 0.133. The summed E-state index contributed by atoms with van der Waals surface area (Å²) in [6, 6.07) is 12.2. The molecule has 0 spiro atoms. The average Bonchev–Trinajstić information content (AvgIpc) is 3.10. The highest BCUT2D eigenvalue weighted by atomic mass is 32.2. The van der Waals surface area contributed by atoms with Crippen molar-refractivity contribution in [1.82, 2.24) is 0 Å². The molecule has 21 heavy (non-hydrogen) atoms. The fourth-order valence-electron chi connectivity index (χ4n) is 2.29. The minimum Gasteiger partial charge on any atom is -0.300 e. The smallest absolute Gasteiger partial charge is 0.268 e. The maximum atomic E-state index is 12.7. The molecule has 3 rings (SSSR count). The van der Waals surface area contributed by atoms with E-state index in [1.54, 1.807) is 17.0 Å². The molecule has 1 aromatic heterocycles. The Kier molecular flexibility index (Phi) is 3.65. The van der Waals surface area contributed by atoms with Crippen molar-refractivity contribution < 1.29 is 13.2 Å². The number of hydrogen-bond acceptors (Lipinski definition) is 4. The van der Waals surface area contributed by atoms with Crippen molar-refractivity contribution in [3.05, 3.63) is 64.2 Å². The standard InChI is InChI=1S/C15H13NO3S2/c17-15(14-7-4-9-20-14)16(12-5-2-1-3-6-12)13-8-10-21(18,19)11-13/h1-10,13H,11H2. The Bertz CT molecular complexity index is 765. The molecule has 1 atom stereocenters. The van der Waals surface area contributed by atoms with Crippen LogP contribution in [0.1, 0.15) is 9.67 Å². The van der Waals surface area contributed by atoms with Crippen molar-refractivity contribution in [2.24, 2.45) is 0 Å². The number of carbonyl (C=O) groups is 1. The molecule has 0 aliphatic carbocycles. The van der Waals surface area contributed by atoms with Gasteiger partial charge in [0.25, 0.3) is 5.91 Å². The van der Waals surface area contributed by atoms with E-state index in [2.05, 4.69) is 0 Å². The monoisotopic (exact) mass is 319 g/mol. The fourth-order valence-corrected chi connectivity index (χ4v) is 4.22. The molecule has 0 N–H and O–H groups in total. The number of thiophene rings is 1. The van der Waals surface area contributed by atoms with Crippen molar-refractivity contribution in [3.63, 3.8) is 0 Å². The third-order valence-electron chi connectivity index (χ3n) is 3.23. The predicted molar refractivity (Wildman–Crippen MR) is 84.3 cm³/mol. The zero-order valence-electron chi connectivity index (χ0n) is 11.0. The Morgan fingerprint density at radius 1 is 1.14 bits per heavy atom. The van der Waals surface area contributed by atoms with Crippen LogP contribution in [-0.2, 0) is 9.84 Å². The summed E-state index contributed by atoms with van der Waals surface area (Å²) < 4.78 is 23.3. The molecule has 1 aromatic carbocycles. The molecule has 2 aromatic rings. The lowest BCUT2D eigenvalue weighted by Crippen LogP contribution is -2.40. The lowest BCUT2D eigenvalue weighted by Gasteiger charge is -2.27. The highest BCUT2D eigenvalue weighted by Gasteiger charge is 2.32. The van der Waals surface area contributed by atoms with Crippen LogP contribution in [0.15, 0.2) is 59.3 Å². The number of benzene rings is 1. The molecule has 6 heteroatoms. The molecule has 4 nitrogen and oxygen atoms in total. The number of rotatable bonds is 3. The second kappa shape index (κ2) is 5.46. The Morgan fingerprint density at radius 2 is 1.90 bits per heavy atom. The van der Waals surface area contributed by atoms with Crippen LogP contribution in [0.5, 0.6) is 0 Å². The number of sulfone groups is 1. The SMILES string of the molecule is O=C(c1cccs1)N(c1ccccc1)C1C=CS(=O)(=O)C1. The van der Waals surface area contributed by atoms with E-state index in [4.69, 9.17) is 0 Å². The number of nitrogens with zero attached hydrogens (tertiary/aromatic N) is 1. The number of amides is 1. The van der Waals surface area contributed by atoms with Gasteiger partial charge in [-0.15, -0.1) is 11.3 Å². The number of carbonyl (C=O) groups excluding carboxylic acids is 1. The second-order valence-corrected chi connectivity index (χ2v) is 7.59. The van der Waals surface area contributed by atoms with Gasteiger partial charge in [-0.3, -0.25) is 9.69 Å². The van der Waals surface area contributed by atoms with Gasteiger partial charge < -0.3 is 0 Å². The van der Waals surface area contributed by atoms with Crippen molar-refractivity contribution in [2.45, 2.75) is 6.04 Å². The molecule has 0 bridgehead atoms. The molecule has 0 radical (unpaired) electrons. The van der Waals surface area contributed by atoms with Gasteiger partial charge in [-0.1, -0.05) is 24.3 Å². The van der Waals surface area contributed by atoms with E-state index in [0.29, 0.717) is 10.6 Å². The summed E-state index contributed by atoms with van der Waals surface area (Å²) in [6.45, 7) is 0. The molecule has 1 aliphatic rings. The summed E-state index contributed by atoms with van der Waals surface area (Å²) in [7, 11) is -3.22. The third kappa shape index (κ3) is 2.91. The third-order valence-corrected chi connectivity index (χ3v) is 5.46. The maximum Gasteiger partial charge on any atom is 0.268 e. The van der Waals surface area contributed by atoms with E-state index in [-0.39, 0.29) is 11.7 Å². The van der Waals surface area contributed by atoms with Gasteiger partial charge in [0.05, 0.1) is 16.7 Å². The van der Waals surface area contributed by atoms with Crippen LogP contribution in [0.25, 0.3) is 0 Å². The largest absolute Gasteiger partial charge is 0.300 e. The molecule has 1 amide bonds. The van der Waals surface area contributed by atoms with Crippen LogP contribution in [0.3, 0.4) is 0 Å². The maximum absolute atomic E-state index is 12.7. The van der Waals surface area contributed by atoms with Crippen molar-refractivity contribution in [2.75, 3.05) is 10.7 Å². The van der Waals surface area contributed by atoms with E-state index in [0.717, 1.165) is 0 Å².